The molecular formula is C20H11Cl2FN2O2S. The van der Waals surface area contributed by atoms with E-state index in [9.17, 15) is 9.18 Å². The predicted octanol–water partition coefficient (Wildman–Crippen LogP) is 6.28. The van der Waals surface area contributed by atoms with Gasteiger partial charge in [0, 0.05) is 16.7 Å². The number of furan rings is 1. The molecule has 140 valence electrons. The number of aliphatic imine (C=N–C) groups is 1. The van der Waals surface area contributed by atoms with Crippen LogP contribution in [-0.2, 0) is 4.79 Å². The lowest BCUT2D eigenvalue weighted by Gasteiger charge is -1.98. The molecule has 8 heteroatoms. The molecule has 28 heavy (non-hydrogen) atoms. The minimum atomic E-state index is -0.525. The second kappa shape index (κ2) is 7.83. The van der Waals surface area contributed by atoms with E-state index in [1.165, 1.54) is 18.2 Å². The van der Waals surface area contributed by atoms with Crippen molar-refractivity contribution in [1.29, 1.82) is 0 Å². The van der Waals surface area contributed by atoms with E-state index in [2.05, 4.69) is 10.3 Å². The number of nitrogens with zero attached hydrogens (tertiary/aromatic N) is 1. The second-order valence-electron chi connectivity index (χ2n) is 5.79. The van der Waals surface area contributed by atoms with E-state index in [0.717, 1.165) is 17.3 Å². The number of carbonyl (C=O) groups excluding carboxylic acids is 1. The summed E-state index contributed by atoms with van der Waals surface area (Å²) in [7, 11) is 0. The number of rotatable bonds is 3. The normalized spacial score (nSPS) is 16.8. The fraction of sp³-hybridized carbons (Fsp3) is 0. The SMILES string of the molecule is O=C1NC(=Nc2ccc(F)c(Cl)c2)S/C1=C/c1ccc(-c2cccc(Cl)c2)o1. The largest absolute Gasteiger partial charge is 0.457 e. The Kier molecular flexibility index (Phi) is 5.26. The number of amidine groups is 1. The molecule has 1 amide bonds. The molecule has 0 unspecified atom stereocenters. The lowest BCUT2D eigenvalue weighted by molar-refractivity contribution is -0.115. The standard InChI is InChI=1S/C20H11Cl2FN2O2S/c21-12-3-1-2-11(8-12)17-7-5-14(27-17)10-18-19(26)25-20(28-18)24-13-4-6-16(23)15(22)9-13/h1-10H,(H,24,25,26)/b18-10+. The molecule has 3 aromatic rings. The Balaban J connectivity index is 1.55. The van der Waals surface area contributed by atoms with Crippen LogP contribution in [0, 0.1) is 5.82 Å². The first-order valence-electron chi connectivity index (χ1n) is 8.08. The average molecular weight is 433 g/mol. The van der Waals surface area contributed by atoms with Crippen molar-refractivity contribution in [2.45, 2.75) is 0 Å². The van der Waals surface area contributed by atoms with E-state index in [4.69, 9.17) is 27.6 Å². The fourth-order valence-corrected chi connectivity index (χ4v) is 3.70. The van der Waals surface area contributed by atoms with Gasteiger partial charge in [-0.1, -0.05) is 35.3 Å². The molecule has 1 saturated heterocycles. The van der Waals surface area contributed by atoms with Gasteiger partial charge in [0.1, 0.15) is 17.3 Å². The van der Waals surface area contributed by atoms with Crippen molar-refractivity contribution in [2.75, 3.05) is 0 Å². The van der Waals surface area contributed by atoms with Gasteiger partial charge in [0.15, 0.2) is 5.17 Å². The maximum absolute atomic E-state index is 13.2. The highest BCUT2D eigenvalue weighted by atomic mass is 35.5. The zero-order valence-corrected chi connectivity index (χ0v) is 16.4. The van der Waals surface area contributed by atoms with Crippen molar-refractivity contribution in [1.82, 2.24) is 5.32 Å². The summed E-state index contributed by atoms with van der Waals surface area (Å²) < 4.78 is 19.0. The summed E-state index contributed by atoms with van der Waals surface area (Å²) in [5.41, 5.74) is 1.29. The number of carbonyl (C=O) groups is 1. The molecule has 4 rings (SSSR count). The quantitative estimate of drug-likeness (QED) is 0.495. The number of amides is 1. The fourth-order valence-electron chi connectivity index (χ4n) is 2.51. The molecule has 4 nitrogen and oxygen atoms in total. The molecule has 1 aliphatic heterocycles. The first-order chi connectivity index (χ1) is 13.5. The number of benzene rings is 2. The van der Waals surface area contributed by atoms with Gasteiger partial charge in [-0.05, 0) is 54.2 Å². The number of halogens is 3. The molecule has 0 aliphatic carbocycles. The van der Waals surface area contributed by atoms with Crippen molar-refractivity contribution in [3.05, 3.63) is 81.1 Å². The molecule has 2 heterocycles. The number of thioether (sulfide) groups is 1. The van der Waals surface area contributed by atoms with Crippen molar-refractivity contribution < 1.29 is 13.6 Å². The molecular weight excluding hydrogens is 422 g/mol. The molecule has 1 fully saturated rings. The summed E-state index contributed by atoms with van der Waals surface area (Å²) >= 11 is 12.9. The van der Waals surface area contributed by atoms with Crippen LogP contribution in [0.2, 0.25) is 10.0 Å². The first-order valence-corrected chi connectivity index (χ1v) is 9.65. The maximum atomic E-state index is 13.2. The number of hydrogen-bond acceptors (Lipinski definition) is 4. The minimum absolute atomic E-state index is 0.0314. The smallest absolute Gasteiger partial charge is 0.264 e. The Morgan fingerprint density at radius 2 is 1.96 bits per heavy atom. The van der Waals surface area contributed by atoms with Gasteiger partial charge in [-0.15, -0.1) is 0 Å². The van der Waals surface area contributed by atoms with E-state index >= 15 is 0 Å². The lowest BCUT2D eigenvalue weighted by atomic mass is 10.2. The predicted molar refractivity (Wildman–Crippen MR) is 111 cm³/mol. The average Bonchev–Trinajstić information content (AvgIpc) is 3.26. The zero-order valence-electron chi connectivity index (χ0n) is 14.1. The summed E-state index contributed by atoms with van der Waals surface area (Å²) in [6.07, 6.45) is 1.63. The molecule has 0 atom stereocenters. The summed E-state index contributed by atoms with van der Waals surface area (Å²) in [5, 5.41) is 3.62. The molecule has 1 aliphatic rings. The van der Waals surface area contributed by atoms with Gasteiger partial charge in [-0.2, -0.15) is 0 Å². The number of nitrogens with one attached hydrogen (secondary N) is 1. The van der Waals surface area contributed by atoms with Crippen LogP contribution in [0.4, 0.5) is 10.1 Å². The molecule has 0 radical (unpaired) electrons. The topological polar surface area (TPSA) is 54.6 Å². The highest BCUT2D eigenvalue weighted by molar-refractivity contribution is 8.18. The van der Waals surface area contributed by atoms with Crippen molar-refractivity contribution in [3.63, 3.8) is 0 Å². The Hall–Kier alpha value is -2.54. The third kappa shape index (κ3) is 4.14. The Morgan fingerprint density at radius 3 is 2.75 bits per heavy atom. The monoisotopic (exact) mass is 432 g/mol. The van der Waals surface area contributed by atoms with Crippen molar-refractivity contribution in [2.24, 2.45) is 4.99 Å². The highest BCUT2D eigenvalue weighted by Crippen LogP contribution is 2.31. The van der Waals surface area contributed by atoms with Crippen LogP contribution < -0.4 is 5.32 Å². The van der Waals surface area contributed by atoms with Crippen LogP contribution in [0.1, 0.15) is 5.76 Å². The van der Waals surface area contributed by atoms with Gasteiger partial charge in [-0.25, -0.2) is 9.38 Å². The summed E-state index contributed by atoms with van der Waals surface area (Å²) in [6.45, 7) is 0. The molecule has 1 N–H and O–H groups in total. The third-order valence-corrected chi connectivity index (χ3v) is 5.23. The Bertz CT molecular complexity index is 1140. The van der Waals surface area contributed by atoms with E-state index in [0.29, 0.717) is 32.3 Å². The summed E-state index contributed by atoms with van der Waals surface area (Å²) in [4.78, 5) is 16.9. The van der Waals surface area contributed by atoms with E-state index < -0.39 is 5.82 Å². The van der Waals surface area contributed by atoms with Crippen LogP contribution in [0.25, 0.3) is 17.4 Å². The van der Waals surface area contributed by atoms with E-state index in [1.807, 2.05) is 18.2 Å². The Morgan fingerprint density at radius 1 is 1.11 bits per heavy atom. The second-order valence-corrected chi connectivity index (χ2v) is 7.67. The van der Waals surface area contributed by atoms with Crippen LogP contribution in [0.3, 0.4) is 0 Å². The van der Waals surface area contributed by atoms with Gasteiger partial charge < -0.3 is 9.73 Å². The van der Waals surface area contributed by atoms with Crippen LogP contribution in [0.5, 0.6) is 0 Å². The van der Waals surface area contributed by atoms with Gasteiger partial charge in [0.2, 0.25) is 0 Å². The highest BCUT2D eigenvalue weighted by Gasteiger charge is 2.24. The van der Waals surface area contributed by atoms with Crippen LogP contribution in [0.15, 0.2) is 68.9 Å². The molecule has 1 aromatic heterocycles. The molecule has 0 bridgehead atoms. The van der Waals surface area contributed by atoms with Gasteiger partial charge in [0.05, 0.1) is 15.6 Å². The minimum Gasteiger partial charge on any atom is -0.457 e. The van der Waals surface area contributed by atoms with Crippen LogP contribution in [-0.4, -0.2) is 11.1 Å². The maximum Gasteiger partial charge on any atom is 0.264 e. The van der Waals surface area contributed by atoms with E-state index in [-0.39, 0.29) is 10.9 Å². The van der Waals surface area contributed by atoms with Crippen molar-refractivity contribution >= 4 is 57.8 Å². The van der Waals surface area contributed by atoms with Gasteiger partial charge >= 0.3 is 0 Å². The van der Waals surface area contributed by atoms with Crippen LogP contribution >= 0.6 is 35.0 Å². The lowest BCUT2D eigenvalue weighted by Crippen LogP contribution is -2.19. The summed E-state index contributed by atoms with van der Waals surface area (Å²) in [6, 6.07) is 15.0. The zero-order chi connectivity index (χ0) is 19.7. The first kappa shape index (κ1) is 18.8. The van der Waals surface area contributed by atoms with E-state index in [1.54, 1.807) is 24.3 Å². The summed E-state index contributed by atoms with van der Waals surface area (Å²) in [5.74, 6) is 0.353. The molecule has 2 aromatic carbocycles. The molecule has 0 spiro atoms. The Labute approximate surface area is 174 Å². The third-order valence-electron chi connectivity index (χ3n) is 3.79. The molecule has 0 saturated carbocycles. The van der Waals surface area contributed by atoms with Gasteiger partial charge in [-0.3, -0.25) is 4.79 Å². The van der Waals surface area contributed by atoms with Crippen molar-refractivity contribution in [3.8, 4) is 11.3 Å². The van der Waals surface area contributed by atoms with Gasteiger partial charge in [0.25, 0.3) is 5.91 Å². The number of hydrogen-bond donors (Lipinski definition) is 1.